The van der Waals surface area contributed by atoms with Crippen LogP contribution in [0.5, 0.6) is 0 Å². The van der Waals surface area contributed by atoms with E-state index in [9.17, 15) is 9.59 Å². The van der Waals surface area contributed by atoms with Gasteiger partial charge in [-0.15, -0.1) is 0 Å². The fourth-order valence-electron chi connectivity index (χ4n) is 0.672. The second-order valence-corrected chi connectivity index (χ2v) is 5.41. The summed E-state index contributed by atoms with van der Waals surface area (Å²) in [5, 5.41) is 0. The maximum Gasteiger partial charge on any atom is 0.333 e. The molecule has 0 aliphatic rings. The monoisotopic (exact) mass is 278 g/mol. The van der Waals surface area contributed by atoms with Crippen LogP contribution in [0.2, 0.25) is 0 Å². The number of ether oxygens (including phenoxy) is 2. The lowest BCUT2D eigenvalue weighted by atomic mass is 10.3. The molecule has 0 aromatic carbocycles. The van der Waals surface area contributed by atoms with Crippen LogP contribution in [0, 0.1) is 0 Å². The maximum atomic E-state index is 11.1. The lowest BCUT2D eigenvalue weighted by Gasteiger charge is -2.17. The number of rotatable bonds is 5. The number of carbonyl (C=O) groups is 2. The van der Waals surface area contributed by atoms with Gasteiger partial charge in [-0.3, -0.25) is 4.79 Å². The Bertz CT molecular complexity index is 265. The molecule has 0 aromatic rings. The van der Waals surface area contributed by atoms with E-state index in [1.807, 2.05) is 0 Å². The van der Waals surface area contributed by atoms with Crippen molar-refractivity contribution < 1.29 is 19.1 Å². The third kappa shape index (κ3) is 8.17. The second kappa shape index (κ2) is 5.90. The highest BCUT2D eigenvalue weighted by molar-refractivity contribution is 9.10. The topological polar surface area (TPSA) is 52.6 Å². The third-order valence-electron chi connectivity index (χ3n) is 1.24. The van der Waals surface area contributed by atoms with Crippen molar-refractivity contribution in [1.29, 1.82) is 0 Å². The molecule has 0 heterocycles. The van der Waals surface area contributed by atoms with Gasteiger partial charge in [0.25, 0.3) is 0 Å². The zero-order valence-corrected chi connectivity index (χ0v) is 10.7. The molecule has 0 saturated carbocycles. The molecule has 0 fully saturated rings. The van der Waals surface area contributed by atoms with Crippen LogP contribution in [0.4, 0.5) is 0 Å². The smallest absolute Gasteiger partial charge is 0.333 e. The standard InChI is InChI=1S/C10H15BrO4/c1-7(2)9(13)14-6-5-8(12)15-10(3,4)11/h1,5-6H2,2-4H3. The normalized spacial score (nSPS) is 10.7. The molecule has 0 unspecified atom stereocenters. The van der Waals surface area contributed by atoms with Gasteiger partial charge in [0.1, 0.15) is 6.61 Å². The quantitative estimate of drug-likeness (QED) is 0.439. The summed E-state index contributed by atoms with van der Waals surface area (Å²) >= 11 is 3.16. The molecule has 0 N–H and O–H groups in total. The average Bonchev–Trinajstić information content (AvgIpc) is 2.00. The first-order valence-electron chi connectivity index (χ1n) is 4.46. The van der Waals surface area contributed by atoms with Crippen molar-refractivity contribution in [1.82, 2.24) is 0 Å². The largest absolute Gasteiger partial charge is 0.462 e. The van der Waals surface area contributed by atoms with E-state index in [-0.39, 0.29) is 13.0 Å². The van der Waals surface area contributed by atoms with Gasteiger partial charge in [-0.1, -0.05) is 6.58 Å². The molecule has 0 amide bonds. The molecule has 0 rings (SSSR count). The third-order valence-corrected chi connectivity index (χ3v) is 1.41. The average molecular weight is 279 g/mol. The van der Waals surface area contributed by atoms with Crippen LogP contribution in [-0.4, -0.2) is 23.1 Å². The van der Waals surface area contributed by atoms with Crippen molar-refractivity contribution in [2.24, 2.45) is 0 Å². The van der Waals surface area contributed by atoms with E-state index in [0.717, 1.165) is 0 Å². The van der Waals surface area contributed by atoms with Gasteiger partial charge in [0.05, 0.1) is 6.42 Å². The Morgan fingerprint density at radius 2 is 1.93 bits per heavy atom. The highest BCUT2D eigenvalue weighted by Gasteiger charge is 2.18. The van der Waals surface area contributed by atoms with Crippen molar-refractivity contribution >= 4 is 27.9 Å². The fourth-order valence-corrected chi connectivity index (χ4v) is 0.853. The van der Waals surface area contributed by atoms with Gasteiger partial charge in [-0.2, -0.15) is 0 Å². The Kier molecular flexibility index (Phi) is 5.57. The van der Waals surface area contributed by atoms with Gasteiger partial charge in [-0.25, -0.2) is 4.79 Å². The molecule has 0 bridgehead atoms. The highest BCUT2D eigenvalue weighted by Crippen LogP contribution is 2.17. The Morgan fingerprint density at radius 1 is 1.40 bits per heavy atom. The van der Waals surface area contributed by atoms with Crippen molar-refractivity contribution in [3.8, 4) is 0 Å². The SMILES string of the molecule is C=C(C)C(=O)OCCC(=O)OC(C)(C)Br. The molecule has 0 spiro atoms. The van der Waals surface area contributed by atoms with Crippen LogP contribution in [0.25, 0.3) is 0 Å². The van der Waals surface area contributed by atoms with Gasteiger partial charge < -0.3 is 9.47 Å². The molecule has 0 saturated heterocycles. The molecule has 15 heavy (non-hydrogen) atoms. The Balaban J connectivity index is 3.74. The molecular weight excluding hydrogens is 264 g/mol. The van der Waals surface area contributed by atoms with Gasteiger partial charge in [0.15, 0.2) is 4.51 Å². The van der Waals surface area contributed by atoms with E-state index < -0.39 is 16.4 Å². The minimum Gasteiger partial charge on any atom is -0.462 e. The summed E-state index contributed by atoms with van der Waals surface area (Å²) in [7, 11) is 0. The summed E-state index contributed by atoms with van der Waals surface area (Å²) in [6, 6.07) is 0. The van der Waals surface area contributed by atoms with Crippen LogP contribution >= 0.6 is 15.9 Å². The van der Waals surface area contributed by atoms with Gasteiger partial charge in [0.2, 0.25) is 0 Å². The molecule has 0 atom stereocenters. The van der Waals surface area contributed by atoms with Gasteiger partial charge in [0, 0.05) is 5.57 Å². The molecule has 5 heteroatoms. The summed E-state index contributed by atoms with van der Waals surface area (Å²) in [4.78, 5) is 22.1. The molecule has 0 radical (unpaired) electrons. The van der Waals surface area contributed by atoms with Crippen LogP contribution in [0.15, 0.2) is 12.2 Å². The maximum absolute atomic E-state index is 11.1. The van der Waals surface area contributed by atoms with E-state index in [1.165, 1.54) is 0 Å². The van der Waals surface area contributed by atoms with E-state index in [4.69, 9.17) is 9.47 Å². The van der Waals surface area contributed by atoms with Crippen molar-refractivity contribution in [2.45, 2.75) is 31.7 Å². The van der Waals surface area contributed by atoms with Crippen LogP contribution in [0.1, 0.15) is 27.2 Å². The molecule has 0 aromatic heterocycles. The number of carbonyl (C=O) groups excluding carboxylic acids is 2. The zero-order valence-electron chi connectivity index (χ0n) is 9.13. The predicted octanol–water partition coefficient (Wildman–Crippen LogP) is 2.17. The van der Waals surface area contributed by atoms with Gasteiger partial charge in [-0.05, 0) is 36.7 Å². The predicted molar refractivity (Wildman–Crippen MR) is 59.5 cm³/mol. The Morgan fingerprint density at radius 3 is 2.33 bits per heavy atom. The molecule has 0 aliphatic carbocycles. The number of hydrogen-bond acceptors (Lipinski definition) is 4. The molecular formula is C10H15BrO4. The second-order valence-electron chi connectivity index (χ2n) is 3.50. The minimum atomic E-state index is -0.692. The Labute approximate surface area is 97.8 Å². The highest BCUT2D eigenvalue weighted by atomic mass is 79.9. The van der Waals surface area contributed by atoms with Crippen LogP contribution in [-0.2, 0) is 19.1 Å². The van der Waals surface area contributed by atoms with E-state index in [0.29, 0.717) is 5.57 Å². The summed E-state index contributed by atoms with van der Waals surface area (Å²) in [5.74, 6) is -0.924. The molecule has 4 nitrogen and oxygen atoms in total. The van der Waals surface area contributed by atoms with Crippen LogP contribution < -0.4 is 0 Å². The lowest BCUT2D eigenvalue weighted by Crippen LogP contribution is -2.22. The number of halogens is 1. The van der Waals surface area contributed by atoms with Gasteiger partial charge >= 0.3 is 11.9 Å². The van der Waals surface area contributed by atoms with Crippen molar-refractivity contribution in [3.63, 3.8) is 0 Å². The fraction of sp³-hybridized carbons (Fsp3) is 0.600. The Hall–Kier alpha value is -0.840. The number of alkyl halides is 1. The summed E-state index contributed by atoms with van der Waals surface area (Å²) in [5.41, 5.74) is 0.309. The summed E-state index contributed by atoms with van der Waals surface area (Å²) in [6.45, 7) is 8.36. The minimum absolute atomic E-state index is 0.00755. The number of hydrogen-bond donors (Lipinski definition) is 0. The van der Waals surface area contributed by atoms with E-state index in [2.05, 4.69) is 22.5 Å². The first-order valence-corrected chi connectivity index (χ1v) is 5.25. The zero-order chi connectivity index (χ0) is 12.1. The first-order chi connectivity index (χ1) is 6.72. The summed E-state index contributed by atoms with van der Waals surface area (Å²) in [6.07, 6.45) is 0.0358. The lowest BCUT2D eigenvalue weighted by molar-refractivity contribution is -0.151. The van der Waals surface area contributed by atoms with Crippen LogP contribution in [0.3, 0.4) is 0 Å². The van der Waals surface area contributed by atoms with Crippen molar-refractivity contribution in [2.75, 3.05) is 6.61 Å². The van der Waals surface area contributed by atoms with E-state index >= 15 is 0 Å². The number of esters is 2. The summed E-state index contributed by atoms with van der Waals surface area (Å²) < 4.78 is 8.99. The van der Waals surface area contributed by atoms with E-state index in [1.54, 1.807) is 20.8 Å². The first kappa shape index (κ1) is 14.2. The molecule has 0 aliphatic heterocycles. The molecule has 86 valence electrons. The van der Waals surface area contributed by atoms with Crippen molar-refractivity contribution in [3.05, 3.63) is 12.2 Å².